The van der Waals surface area contributed by atoms with Crippen molar-refractivity contribution in [1.82, 2.24) is 0 Å². The lowest BCUT2D eigenvalue weighted by Gasteiger charge is -2.16. The van der Waals surface area contributed by atoms with E-state index in [2.05, 4.69) is 0 Å². The molecule has 2 rings (SSSR count). The zero-order chi connectivity index (χ0) is 13.1. The van der Waals surface area contributed by atoms with Crippen LogP contribution in [0.5, 0.6) is 0 Å². The quantitative estimate of drug-likeness (QED) is 0.865. The van der Waals surface area contributed by atoms with Crippen LogP contribution in [0.3, 0.4) is 0 Å². The first kappa shape index (κ1) is 12.8. The zero-order valence-electron chi connectivity index (χ0n) is 10.7. The third-order valence-corrected chi connectivity index (χ3v) is 3.11. The van der Waals surface area contributed by atoms with Gasteiger partial charge in [-0.1, -0.05) is 48.5 Å². The summed E-state index contributed by atoms with van der Waals surface area (Å²) in [7, 11) is 0. The van der Waals surface area contributed by atoms with Crippen molar-refractivity contribution in [1.29, 1.82) is 0 Å². The molecule has 2 aromatic rings. The average Bonchev–Trinajstić information content (AvgIpc) is 2.38. The number of hydrogen-bond donors (Lipinski definition) is 2. The summed E-state index contributed by atoms with van der Waals surface area (Å²) in [4.78, 5) is 0. The molecule has 0 aliphatic rings. The zero-order valence-corrected chi connectivity index (χ0v) is 10.7. The van der Waals surface area contributed by atoms with Crippen molar-refractivity contribution >= 4 is 0 Å². The maximum Gasteiger partial charge on any atom is 0.0767 e. The van der Waals surface area contributed by atoms with Crippen LogP contribution in [-0.2, 0) is 0 Å². The molecule has 0 aliphatic carbocycles. The van der Waals surface area contributed by atoms with Gasteiger partial charge in [0, 0.05) is 0 Å². The molecule has 0 radical (unpaired) electrons. The summed E-state index contributed by atoms with van der Waals surface area (Å²) in [6.07, 6.45) is -1.05. The first-order valence-corrected chi connectivity index (χ1v) is 6.15. The molecule has 18 heavy (non-hydrogen) atoms. The number of rotatable bonds is 3. The van der Waals surface area contributed by atoms with Gasteiger partial charge in [0.05, 0.1) is 12.2 Å². The molecule has 0 heterocycles. The van der Waals surface area contributed by atoms with Crippen LogP contribution in [-0.4, -0.2) is 10.2 Å². The van der Waals surface area contributed by atoms with Gasteiger partial charge in [0.25, 0.3) is 0 Å². The van der Waals surface area contributed by atoms with Gasteiger partial charge in [-0.15, -0.1) is 0 Å². The van der Waals surface area contributed by atoms with Crippen LogP contribution in [0.1, 0.15) is 37.2 Å². The van der Waals surface area contributed by atoms with E-state index in [4.69, 9.17) is 0 Å². The molecule has 2 N–H and O–H groups in total. The molecular formula is C16H18O2. The van der Waals surface area contributed by atoms with E-state index >= 15 is 0 Å². The number of hydrogen-bond acceptors (Lipinski definition) is 2. The monoisotopic (exact) mass is 242 g/mol. The highest BCUT2D eigenvalue weighted by Gasteiger charge is 2.13. The average molecular weight is 242 g/mol. The second-order valence-corrected chi connectivity index (χ2v) is 4.53. The van der Waals surface area contributed by atoms with Gasteiger partial charge < -0.3 is 10.2 Å². The number of benzene rings is 2. The van der Waals surface area contributed by atoms with Crippen molar-refractivity contribution in [3.05, 3.63) is 59.7 Å². The lowest BCUT2D eigenvalue weighted by Crippen LogP contribution is -1.99. The third kappa shape index (κ3) is 2.45. The van der Waals surface area contributed by atoms with E-state index in [1.807, 2.05) is 48.5 Å². The van der Waals surface area contributed by atoms with Gasteiger partial charge in [0.2, 0.25) is 0 Å². The van der Waals surface area contributed by atoms with Crippen molar-refractivity contribution in [2.75, 3.05) is 0 Å². The van der Waals surface area contributed by atoms with Crippen LogP contribution in [0, 0.1) is 0 Å². The van der Waals surface area contributed by atoms with E-state index in [1.165, 1.54) is 0 Å². The van der Waals surface area contributed by atoms with Gasteiger partial charge in [0.1, 0.15) is 0 Å². The first-order chi connectivity index (χ1) is 8.61. The summed E-state index contributed by atoms with van der Waals surface area (Å²) in [5, 5.41) is 19.7. The topological polar surface area (TPSA) is 40.5 Å². The third-order valence-electron chi connectivity index (χ3n) is 3.11. The summed E-state index contributed by atoms with van der Waals surface area (Å²) in [6.45, 7) is 3.51. The predicted octanol–water partition coefficient (Wildman–Crippen LogP) is 3.46. The van der Waals surface area contributed by atoms with Gasteiger partial charge in [-0.05, 0) is 36.1 Å². The lowest BCUT2D eigenvalue weighted by molar-refractivity contribution is 0.197. The van der Waals surface area contributed by atoms with Gasteiger partial charge in [-0.3, -0.25) is 0 Å². The second-order valence-electron chi connectivity index (χ2n) is 4.53. The Morgan fingerprint density at radius 3 is 1.33 bits per heavy atom. The number of aliphatic hydroxyl groups excluding tert-OH is 2. The summed E-state index contributed by atoms with van der Waals surface area (Å²) >= 11 is 0. The van der Waals surface area contributed by atoms with Crippen molar-refractivity contribution in [2.45, 2.75) is 26.1 Å². The van der Waals surface area contributed by atoms with Crippen molar-refractivity contribution < 1.29 is 10.2 Å². The molecule has 0 fully saturated rings. The summed E-state index contributed by atoms with van der Waals surface area (Å²) in [5.74, 6) is 0. The highest BCUT2D eigenvalue weighted by molar-refractivity contribution is 5.71. The predicted molar refractivity (Wildman–Crippen MR) is 73.1 cm³/mol. The molecule has 0 spiro atoms. The molecule has 0 unspecified atom stereocenters. The standard InChI is InChI=1S/C16H18O2/c1-11(17)13-7-3-5-9-15(13)16-10-6-4-8-14(16)12(2)18/h3-12,17-18H,1-2H3/t11-,12-/m1/s1. The smallest absolute Gasteiger partial charge is 0.0767 e. The highest BCUT2D eigenvalue weighted by atomic mass is 16.3. The van der Waals surface area contributed by atoms with Crippen molar-refractivity contribution in [3.63, 3.8) is 0 Å². The Bertz CT molecular complexity index is 481. The second kappa shape index (κ2) is 5.34. The Kier molecular flexibility index (Phi) is 3.80. The minimum Gasteiger partial charge on any atom is -0.389 e. The molecule has 0 bridgehead atoms. The summed E-state index contributed by atoms with van der Waals surface area (Å²) in [5.41, 5.74) is 3.71. The van der Waals surface area contributed by atoms with E-state index in [1.54, 1.807) is 13.8 Å². The fourth-order valence-corrected chi connectivity index (χ4v) is 2.21. The minimum absolute atomic E-state index is 0.525. The van der Waals surface area contributed by atoms with Crippen LogP contribution in [0.15, 0.2) is 48.5 Å². The molecule has 0 amide bonds. The Morgan fingerprint density at radius 2 is 1.00 bits per heavy atom. The largest absolute Gasteiger partial charge is 0.389 e. The van der Waals surface area contributed by atoms with Crippen LogP contribution in [0.2, 0.25) is 0 Å². The normalized spacial score (nSPS) is 14.2. The first-order valence-electron chi connectivity index (χ1n) is 6.15. The van der Waals surface area contributed by atoms with E-state index in [0.29, 0.717) is 0 Å². The molecule has 0 saturated heterocycles. The molecule has 0 aromatic heterocycles. The fraction of sp³-hybridized carbons (Fsp3) is 0.250. The molecule has 2 atom stereocenters. The Morgan fingerprint density at radius 1 is 0.667 bits per heavy atom. The molecule has 0 saturated carbocycles. The molecule has 2 heteroatoms. The van der Waals surface area contributed by atoms with Crippen LogP contribution < -0.4 is 0 Å². The van der Waals surface area contributed by atoms with E-state index in [-0.39, 0.29) is 0 Å². The molecular weight excluding hydrogens is 224 g/mol. The highest BCUT2D eigenvalue weighted by Crippen LogP contribution is 2.33. The van der Waals surface area contributed by atoms with E-state index in [0.717, 1.165) is 22.3 Å². The minimum atomic E-state index is -0.525. The molecule has 2 aromatic carbocycles. The van der Waals surface area contributed by atoms with Crippen LogP contribution >= 0.6 is 0 Å². The maximum atomic E-state index is 9.83. The van der Waals surface area contributed by atoms with Gasteiger partial charge in [-0.25, -0.2) is 0 Å². The Hall–Kier alpha value is -1.64. The molecule has 2 nitrogen and oxygen atoms in total. The molecule has 94 valence electrons. The SMILES string of the molecule is C[C@@H](O)c1ccccc1-c1ccccc1[C@@H](C)O. The summed E-state index contributed by atoms with van der Waals surface area (Å²) < 4.78 is 0. The van der Waals surface area contributed by atoms with Gasteiger partial charge in [0.15, 0.2) is 0 Å². The van der Waals surface area contributed by atoms with Crippen LogP contribution in [0.4, 0.5) is 0 Å². The fourth-order valence-electron chi connectivity index (χ4n) is 2.21. The summed E-state index contributed by atoms with van der Waals surface area (Å²) in [6, 6.07) is 15.5. The Balaban J connectivity index is 2.62. The Labute approximate surface area is 108 Å². The van der Waals surface area contributed by atoms with Crippen LogP contribution in [0.25, 0.3) is 11.1 Å². The van der Waals surface area contributed by atoms with Crippen molar-refractivity contribution in [2.24, 2.45) is 0 Å². The van der Waals surface area contributed by atoms with Gasteiger partial charge >= 0.3 is 0 Å². The van der Waals surface area contributed by atoms with Gasteiger partial charge in [-0.2, -0.15) is 0 Å². The lowest BCUT2D eigenvalue weighted by atomic mass is 9.92. The van der Waals surface area contributed by atoms with Crippen molar-refractivity contribution in [3.8, 4) is 11.1 Å². The van der Waals surface area contributed by atoms with E-state index < -0.39 is 12.2 Å². The van der Waals surface area contributed by atoms with E-state index in [9.17, 15) is 10.2 Å². The maximum absolute atomic E-state index is 9.83. The number of aliphatic hydroxyl groups is 2. The molecule has 0 aliphatic heterocycles.